The molecule has 14 heteroatoms. The largest absolute Gasteiger partial charge is 0.336 e. The summed E-state index contributed by atoms with van der Waals surface area (Å²) in [4.78, 5) is 105. The van der Waals surface area contributed by atoms with E-state index in [1.807, 2.05) is 0 Å². The molecule has 0 bridgehead atoms. The lowest BCUT2D eigenvalue weighted by Crippen LogP contribution is -2.37. The Kier molecular flexibility index (Phi) is 11.4. The molecule has 0 spiro atoms. The lowest BCUT2D eigenvalue weighted by Gasteiger charge is -2.30. The van der Waals surface area contributed by atoms with E-state index in [1.165, 1.54) is 34.1 Å². The highest BCUT2D eigenvalue weighted by Gasteiger charge is 2.35. The minimum absolute atomic E-state index is 0.178. The SMILES string of the molecule is C=C1CCC(=O)N1OC(=O)C1CCC(CN2C(=O)C=CC2=O)CC1.C=C1CCC(=O)N1OC(=O)CCCCCN1C(=O)C=CC1=O. The smallest absolute Gasteiger partial charge is 0.334 e. The summed E-state index contributed by atoms with van der Waals surface area (Å²) in [6.07, 6.45) is 11.5. The fourth-order valence-corrected chi connectivity index (χ4v) is 5.62. The predicted octanol–water partition coefficient (Wildman–Crippen LogP) is 2.38. The Morgan fingerprint density at radius 2 is 1.15 bits per heavy atom. The van der Waals surface area contributed by atoms with Gasteiger partial charge in [0.2, 0.25) is 0 Å². The van der Waals surface area contributed by atoms with Crippen molar-refractivity contribution in [2.45, 2.75) is 77.0 Å². The molecular formula is C32H38N4O10. The zero-order valence-corrected chi connectivity index (χ0v) is 25.6. The summed E-state index contributed by atoms with van der Waals surface area (Å²) in [5.74, 6) is -2.56. The van der Waals surface area contributed by atoms with Crippen molar-refractivity contribution in [1.29, 1.82) is 0 Å². The van der Waals surface area contributed by atoms with Gasteiger partial charge in [-0.2, -0.15) is 0 Å². The molecule has 1 saturated carbocycles. The molecule has 246 valence electrons. The quantitative estimate of drug-likeness (QED) is 0.242. The third-order valence-electron chi connectivity index (χ3n) is 8.34. The molecule has 5 rings (SSSR count). The van der Waals surface area contributed by atoms with Crippen LogP contribution in [-0.2, 0) is 48.0 Å². The summed E-state index contributed by atoms with van der Waals surface area (Å²) in [5.41, 5.74) is 1.01. The molecular weight excluding hydrogens is 600 g/mol. The van der Waals surface area contributed by atoms with Gasteiger partial charge in [0.15, 0.2) is 0 Å². The Morgan fingerprint density at radius 3 is 1.65 bits per heavy atom. The third-order valence-corrected chi connectivity index (χ3v) is 8.34. The van der Waals surface area contributed by atoms with Gasteiger partial charge in [-0.05, 0) is 57.3 Å². The number of rotatable bonds is 11. The van der Waals surface area contributed by atoms with Gasteiger partial charge in [0, 0.05) is 56.7 Å². The first-order valence-electron chi connectivity index (χ1n) is 15.5. The van der Waals surface area contributed by atoms with Crippen LogP contribution in [-0.4, -0.2) is 80.4 Å². The standard InChI is InChI=1S/C17H20N2O5.C15H18N2O5/c1-11-2-7-16(22)19(11)24-17(23)13-5-3-12(4-6-13)10-18-14(20)8-9-15(18)21;1-11-6-7-14(20)17(11)22-15(21)5-3-2-4-10-16-12(18)8-9-13(16)19/h8-9,12-13H,1-7,10H2;8-9H,1-7,10H2. The van der Waals surface area contributed by atoms with Gasteiger partial charge >= 0.3 is 11.9 Å². The molecule has 0 N–H and O–H groups in total. The van der Waals surface area contributed by atoms with Gasteiger partial charge in [-0.15, -0.1) is 10.1 Å². The van der Waals surface area contributed by atoms with Crippen LogP contribution in [0.25, 0.3) is 0 Å². The topological polar surface area (TPSA) is 168 Å². The minimum atomic E-state index is -0.480. The monoisotopic (exact) mass is 638 g/mol. The second-order valence-corrected chi connectivity index (χ2v) is 11.7. The van der Waals surface area contributed by atoms with Crippen LogP contribution in [0.2, 0.25) is 0 Å². The summed E-state index contributed by atoms with van der Waals surface area (Å²) < 4.78 is 0. The summed E-state index contributed by atoms with van der Waals surface area (Å²) in [7, 11) is 0. The van der Waals surface area contributed by atoms with Crippen molar-refractivity contribution >= 4 is 47.4 Å². The van der Waals surface area contributed by atoms with Crippen molar-refractivity contribution in [3.8, 4) is 0 Å². The molecule has 0 aromatic rings. The zero-order chi connectivity index (χ0) is 33.4. The van der Waals surface area contributed by atoms with Crippen LogP contribution in [0.15, 0.2) is 48.9 Å². The molecule has 14 nitrogen and oxygen atoms in total. The number of imide groups is 2. The first-order valence-corrected chi connectivity index (χ1v) is 15.5. The molecule has 4 heterocycles. The number of hydrogen-bond donors (Lipinski definition) is 0. The van der Waals surface area contributed by atoms with Gasteiger partial charge in [-0.1, -0.05) is 19.6 Å². The Morgan fingerprint density at radius 1 is 0.652 bits per heavy atom. The van der Waals surface area contributed by atoms with Gasteiger partial charge in [0.1, 0.15) is 0 Å². The number of carbonyl (C=O) groups excluding carboxylic acids is 8. The average molecular weight is 639 g/mol. The maximum Gasteiger partial charge on any atom is 0.336 e. The van der Waals surface area contributed by atoms with Crippen LogP contribution < -0.4 is 0 Å². The highest BCUT2D eigenvalue weighted by molar-refractivity contribution is 6.13. The second kappa shape index (κ2) is 15.4. The number of hydroxylamine groups is 4. The molecule has 46 heavy (non-hydrogen) atoms. The average Bonchev–Trinajstić information content (AvgIpc) is 3.74. The molecule has 0 aromatic heterocycles. The van der Waals surface area contributed by atoms with Gasteiger partial charge in [-0.25, -0.2) is 9.59 Å². The molecule has 3 fully saturated rings. The van der Waals surface area contributed by atoms with Crippen molar-refractivity contribution in [3.05, 3.63) is 48.9 Å². The van der Waals surface area contributed by atoms with Crippen LogP contribution >= 0.6 is 0 Å². The predicted molar refractivity (Wildman–Crippen MR) is 158 cm³/mol. The fraction of sp³-hybridized carbons (Fsp3) is 0.500. The van der Waals surface area contributed by atoms with Gasteiger partial charge in [0.25, 0.3) is 35.4 Å². The Balaban J connectivity index is 0.000000210. The van der Waals surface area contributed by atoms with E-state index in [9.17, 15) is 38.4 Å². The maximum absolute atomic E-state index is 12.2. The molecule has 4 aliphatic heterocycles. The molecule has 2 saturated heterocycles. The fourth-order valence-electron chi connectivity index (χ4n) is 5.62. The van der Waals surface area contributed by atoms with E-state index in [0.717, 1.165) is 23.0 Å². The lowest BCUT2D eigenvalue weighted by atomic mass is 9.82. The van der Waals surface area contributed by atoms with Gasteiger partial charge in [-0.3, -0.25) is 38.6 Å². The summed E-state index contributed by atoms with van der Waals surface area (Å²) >= 11 is 0. The van der Waals surface area contributed by atoms with Gasteiger partial charge in [0.05, 0.1) is 17.3 Å². The van der Waals surface area contributed by atoms with E-state index in [-0.39, 0.29) is 53.7 Å². The van der Waals surface area contributed by atoms with Crippen molar-refractivity contribution in [2.24, 2.45) is 11.8 Å². The molecule has 0 unspecified atom stereocenters. The molecule has 0 aromatic carbocycles. The number of unbranched alkanes of at least 4 members (excludes halogenated alkanes) is 2. The first-order chi connectivity index (χ1) is 21.9. The van der Waals surface area contributed by atoms with Crippen LogP contribution in [0.4, 0.5) is 0 Å². The number of nitrogens with zero attached hydrogens (tertiary/aromatic N) is 4. The summed E-state index contributed by atoms with van der Waals surface area (Å²) in [5, 5.41) is 1.98. The highest BCUT2D eigenvalue weighted by atomic mass is 16.7. The van der Waals surface area contributed by atoms with Crippen molar-refractivity contribution in [3.63, 3.8) is 0 Å². The Hall–Kier alpha value is -4.88. The summed E-state index contributed by atoms with van der Waals surface area (Å²) in [6, 6.07) is 0. The molecule has 0 radical (unpaired) electrons. The number of allylic oxidation sites excluding steroid dienone is 2. The lowest BCUT2D eigenvalue weighted by molar-refractivity contribution is -0.191. The van der Waals surface area contributed by atoms with E-state index in [4.69, 9.17) is 9.68 Å². The van der Waals surface area contributed by atoms with Gasteiger partial charge < -0.3 is 9.68 Å². The van der Waals surface area contributed by atoms with E-state index in [0.29, 0.717) is 82.3 Å². The maximum atomic E-state index is 12.2. The molecule has 1 aliphatic carbocycles. The van der Waals surface area contributed by atoms with Crippen LogP contribution in [0.5, 0.6) is 0 Å². The van der Waals surface area contributed by atoms with Crippen molar-refractivity contribution < 1.29 is 48.0 Å². The van der Waals surface area contributed by atoms with E-state index in [2.05, 4.69) is 13.2 Å². The van der Waals surface area contributed by atoms with Crippen LogP contribution in [0, 0.1) is 11.8 Å². The number of amides is 6. The van der Waals surface area contributed by atoms with Crippen molar-refractivity contribution in [2.75, 3.05) is 13.1 Å². The highest BCUT2D eigenvalue weighted by Crippen LogP contribution is 2.32. The normalized spacial score (nSPS) is 22.8. The van der Waals surface area contributed by atoms with Crippen LogP contribution in [0.1, 0.15) is 77.0 Å². The van der Waals surface area contributed by atoms with E-state index >= 15 is 0 Å². The Labute approximate surface area is 266 Å². The molecule has 5 aliphatic rings. The van der Waals surface area contributed by atoms with E-state index in [1.54, 1.807) is 0 Å². The van der Waals surface area contributed by atoms with Crippen molar-refractivity contribution in [1.82, 2.24) is 19.9 Å². The van der Waals surface area contributed by atoms with E-state index < -0.39 is 11.9 Å². The Bertz CT molecular complexity index is 1320. The third kappa shape index (κ3) is 8.64. The molecule has 0 atom stereocenters. The molecule has 6 amide bonds. The first kappa shape index (κ1) is 34.0. The number of carbonyl (C=O) groups is 8. The number of hydrogen-bond acceptors (Lipinski definition) is 10. The second-order valence-electron chi connectivity index (χ2n) is 11.7. The zero-order valence-electron chi connectivity index (χ0n) is 25.6. The summed E-state index contributed by atoms with van der Waals surface area (Å²) in [6.45, 7) is 8.13. The minimum Gasteiger partial charge on any atom is -0.334 e. The van der Waals surface area contributed by atoms with Crippen LogP contribution in [0.3, 0.4) is 0 Å².